The van der Waals surface area contributed by atoms with Crippen molar-refractivity contribution in [3.8, 4) is 5.75 Å². The number of benzene rings is 1. The van der Waals surface area contributed by atoms with Gasteiger partial charge in [0.2, 0.25) is 0 Å². The van der Waals surface area contributed by atoms with Crippen molar-refractivity contribution in [3.63, 3.8) is 0 Å². The summed E-state index contributed by atoms with van der Waals surface area (Å²) >= 11 is 0. The maximum atomic E-state index is 13.1. The standard InChI is InChI=1S/C21H24FN3O4/c1-24-21(27)20-17(23-24)12-19(26)25(10-9-15-4-2-3-11-28-15)18(20)13-29-16-7-5-14(22)6-8-16/h5-8,12,15,23H,2-4,9-11,13H2,1H3. The molecular formula is C21H24FN3O4. The topological polar surface area (TPSA) is 78.2 Å². The normalized spacial score (nSPS) is 17.0. The molecule has 0 bridgehead atoms. The molecule has 0 saturated carbocycles. The highest BCUT2D eigenvalue weighted by Crippen LogP contribution is 2.20. The van der Waals surface area contributed by atoms with E-state index in [2.05, 4.69) is 5.10 Å². The van der Waals surface area contributed by atoms with Gasteiger partial charge in [0.15, 0.2) is 0 Å². The van der Waals surface area contributed by atoms with Gasteiger partial charge < -0.3 is 14.0 Å². The SMILES string of the molecule is Cn1[nH]c2cc(=O)n(CCC3CCCCO3)c(COc3ccc(F)cc3)c2c1=O. The number of hydrogen-bond acceptors (Lipinski definition) is 4. The molecule has 0 spiro atoms. The van der Waals surface area contributed by atoms with E-state index in [4.69, 9.17) is 9.47 Å². The van der Waals surface area contributed by atoms with Crippen LogP contribution in [0.3, 0.4) is 0 Å². The van der Waals surface area contributed by atoms with Crippen molar-refractivity contribution in [2.24, 2.45) is 7.05 Å². The second-order valence-corrected chi connectivity index (χ2v) is 7.37. The molecule has 3 aromatic rings. The Balaban J connectivity index is 1.68. The van der Waals surface area contributed by atoms with E-state index in [1.54, 1.807) is 11.6 Å². The summed E-state index contributed by atoms with van der Waals surface area (Å²) < 4.78 is 27.7. The average molecular weight is 401 g/mol. The lowest BCUT2D eigenvalue weighted by Crippen LogP contribution is -2.29. The molecule has 1 aromatic carbocycles. The van der Waals surface area contributed by atoms with E-state index in [9.17, 15) is 14.0 Å². The number of aromatic amines is 1. The molecule has 1 fully saturated rings. The van der Waals surface area contributed by atoms with Crippen LogP contribution in [0.1, 0.15) is 31.4 Å². The summed E-state index contributed by atoms with van der Waals surface area (Å²) in [5, 5.41) is 3.34. The van der Waals surface area contributed by atoms with Crippen LogP contribution in [0.4, 0.5) is 4.39 Å². The first kappa shape index (κ1) is 19.4. The fraction of sp³-hybridized carbons (Fsp3) is 0.429. The molecule has 7 nitrogen and oxygen atoms in total. The number of halogens is 1. The number of nitrogens with one attached hydrogen (secondary N) is 1. The van der Waals surface area contributed by atoms with Crippen LogP contribution in [-0.2, 0) is 24.9 Å². The third-order valence-corrected chi connectivity index (χ3v) is 5.36. The highest BCUT2D eigenvalue weighted by atomic mass is 19.1. The van der Waals surface area contributed by atoms with Crippen molar-refractivity contribution in [2.75, 3.05) is 6.61 Å². The summed E-state index contributed by atoms with van der Waals surface area (Å²) in [5.74, 6) is 0.105. The van der Waals surface area contributed by atoms with Crippen LogP contribution in [0, 0.1) is 5.82 Å². The minimum atomic E-state index is -0.358. The Hall–Kier alpha value is -2.87. The lowest BCUT2D eigenvalue weighted by molar-refractivity contribution is 0.00846. The van der Waals surface area contributed by atoms with E-state index < -0.39 is 0 Å². The van der Waals surface area contributed by atoms with Crippen LogP contribution in [-0.4, -0.2) is 27.1 Å². The Bertz CT molecular complexity index is 1110. The van der Waals surface area contributed by atoms with Gasteiger partial charge in [-0.2, -0.15) is 0 Å². The number of pyridine rings is 1. The van der Waals surface area contributed by atoms with Crippen molar-refractivity contribution in [2.45, 2.75) is 44.9 Å². The number of hydrogen-bond donors (Lipinski definition) is 1. The van der Waals surface area contributed by atoms with E-state index >= 15 is 0 Å². The van der Waals surface area contributed by atoms with Crippen molar-refractivity contribution in [1.82, 2.24) is 14.3 Å². The zero-order valence-corrected chi connectivity index (χ0v) is 16.3. The van der Waals surface area contributed by atoms with Crippen LogP contribution < -0.4 is 15.9 Å². The molecule has 1 N–H and O–H groups in total. The van der Waals surface area contributed by atoms with Crippen molar-refractivity contribution in [1.29, 1.82) is 0 Å². The van der Waals surface area contributed by atoms with Gasteiger partial charge in [-0.25, -0.2) is 4.39 Å². The Labute approximate surface area is 166 Å². The second-order valence-electron chi connectivity index (χ2n) is 7.37. The van der Waals surface area contributed by atoms with E-state index in [1.165, 1.54) is 35.0 Å². The van der Waals surface area contributed by atoms with Gasteiger partial charge >= 0.3 is 0 Å². The monoisotopic (exact) mass is 401 g/mol. The molecule has 4 rings (SSSR count). The second kappa shape index (κ2) is 8.24. The summed E-state index contributed by atoms with van der Waals surface area (Å²) in [6, 6.07) is 7.09. The van der Waals surface area contributed by atoms with E-state index in [-0.39, 0.29) is 29.6 Å². The number of H-pyrrole nitrogens is 1. The van der Waals surface area contributed by atoms with Gasteiger partial charge in [0.25, 0.3) is 11.1 Å². The number of nitrogens with zero attached hydrogens (tertiary/aromatic N) is 2. The number of aryl methyl sites for hydroxylation is 1. The number of fused-ring (bicyclic) bond motifs is 1. The first-order valence-electron chi connectivity index (χ1n) is 9.84. The molecule has 8 heteroatoms. The zero-order chi connectivity index (χ0) is 20.4. The minimum Gasteiger partial charge on any atom is -0.487 e. The molecule has 1 saturated heterocycles. The smallest absolute Gasteiger partial charge is 0.276 e. The molecule has 29 heavy (non-hydrogen) atoms. The molecule has 1 aliphatic heterocycles. The van der Waals surface area contributed by atoms with Gasteiger partial charge in [-0.05, 0) is 49.9 Å². The Kier molecular flexibility index (Phi) is 5.53. The molecule has 0 amide bonds. The molecule has 0 radical (unpaired) electrons. The molecule has 154 valence electrons. The average Bonchev–Trinajstić information content (AvgIpc) is 3.00. The van der Waals surface area contributed by atoms with Gasteiger partial charge in [0.05, 0.1) is 22.7 Å². The maximum absolute atomic E-state index is 13.1. The predicted molar refractivity (Wildman–Crippen MR) is 107 cm³/mol. The minimum absolute atomic E-state index is 0.0246. The van der Waals surface area contributed by atoms with Crippen LogP contribution >= 0.6 is 0 Å². The summed E-state index contributed by atoms with van der Waals surface area (Å²) in [7, 11) is 1.61. The number of ether oxygens (including phenoxy) is 2. The summed E-state index contributed by atoms with van der Waals surface area (Å²) in [5.41, 5.74) is 0.563. The molecule has 1 aliphatic rings. The molecule has 3 heterocycles. The molecule has 2 aromatic heterocycles. The first-order chi connectivity index (χ1) is 14.0. The third kappa shape index (κ3) is 4.12. The van der Waals surface area contributed by atoms with Crippen LogP contribution in [0.15, 0.2) is 39.9 Å². The van der Waals surface area contributed by atoms with Crippen molar-refractivity contribution >= 4 is 10.9 Å². The Morgan fingerprint density at radius 2 is 2.03 bits per heavy atom. The predicted octanol–water partition coefficient (Wildman–Crippen LogP) is 2.71. The van der Waals surface area contributed by atoms with Crippen molar-refractivity contribution in [3.05, 3.63) is 62.6 Å². The molecule has 1 unspecified atom stereocenters. The largest absolute Gasteiger partial charge is 0.487 e. The van der Waals surface area contributed by atoms with Gasteiger partial charge in [-0.15, -0.1) is 0 Å². The third-order valence-electron chi connectivity index (χ3n) is 5.36. The van der Waals surface area contributed by atoms with Gasteiger partial charge in [-0.1, -0.05) is 0 Å². The summed E-state index contributed by atoms with van der Waals surface area (Å²) in [6.07, 6.45) is 3.98. The van der Waals surface area contributed by atoms with E-state index in [0.717, 1.165) is 25.9 Å². The lowest BCUT2D eigenvalue weighted by Gasteiger charge is -2.23. The van der Waals surface area contributed by atoms with Crippen LogP contribution in [0.2, 0.25) is 0 Å². The zero-order valence-electron chi connectivity index (χ0n) is 16.3. The van der Waals surface area contributed by atoms with Crippen LogP contribution in [0.25, 0.3) is 10.9 Å². The Morgan fingerprint density at radius 3 is 2.76 bits per heavy atom. The fourth-order valence-electron chi connectivity index (χ4n) is 3.81. The molecule has 1 atom stereocenters. The molecule has 0 aliphatic carbocycles. The summed E-state index contributed by atoms with van der Waals surface area (Å²) in [4.78, 5) is 25.4. The maximum Gasteiger partial charge on any atom is 0.276 e. The highest BCUT2D eigenvalue weighted by Gasteiger charge is 2.19. The van der Waals surface area contributed by atoms with Gasteiger partial charge in [0.1, 0.15) is 18.2 Å². The lowest BCUT2D eigenvalue weighted by atomic mass is 10.1. The van der Waals surface area contributed by atoms with Gasteiger partial charge in [-0.3, -0.25) is 19.4 Å². The number of rotatable bonds is 6. The van der Waals surface area contributed by atoms with E-state index in [1.807, 2.05) is 0 Å². The Morgan fingerprint density at radius 1 is 1.24 bits per heavy atom. The van der Waals surface area contributed by atoms with Crippen molar-refractivity contribution < 1.29 is 13.9 Å². The van der Waals surface area contributed by atoms with Crippen LogP contribution in [0.5, 0.6) is 5.75 Å². The summed E-state index contributed by atoms with van der Waals surface area (Å²) in [6.45, 7) is 1.21. The quantitative estimate of drug-likeness (QED) is 0.689. The van der Waals surface area contributed by atoms with E-state index in [0.29, 0.717) is 35.3 Å². The fourth-order valence-corrected chi connectivity index (χ4v) is 3.81. The highest BCUT2D eigenvalue weighted by molar-refractivity contribution is 5.80. The first-order valence-corrected chi connectivity index (χ1v) is 9.84. The van der Waals surface area contributed by atoms with Gasteiger partial charge in [0, 0.05) is 26.3 Å². The number of aromatic nitrogens is 3. The molecular weight excluding hydrogens is 377 g/mol.